The molecule has 0 atom stereocenters. The first-order valence-electron chi connectivity index (χ1n) is 9.18. The van der Waals surface area contributed by atoms with E-state index in [9.17, 15) is 4.79 Å². The number of piperazine rings is 1. The Labute approximate surface area is 157 Å². The summed E-state index contributed by atoms with van der Waals surface area (Å²) in [5.74, 6) is 1.35. The van der Waals surface area contributed by atoms with Crippen LogP contribution in [-0.2, 0) is 0 Å². The molecule has 8 nitrogen and oxygen atoms in total. The van der Waals surface area contributed by atoms with E-state index in [1.165, 1.54) is 5.56 Å². The number of carbonyl (C=O) groups is 1. The summed E-state index contributed by atoms with van der Waals surface area (Å²) in [7, 11) is 0. The fourth-order valence-electron chi connectivity index (χ4n) is 3.18. The fourth-order valence-corrected chi connectivity index (χ4v) is 3.18. The van der Waals surface area contributed by atoms with E-state index in [4.69, 9.17) is 0 Å². The van der Waals surface area contributed by atoms with Crippen molar-refractivity contribution in [2.45, 2.75) is 19.8 Å². The number of benzene rings is 1. The third-order valence-corrected chi connectivity index (χ3v) is 4.87. The lowest BCUT2D eigenvalue weighted by Crippen LogP contribution is -2.50. The molecule has 1 aliphatic rings. The summed E-state index contributed by atoms with van der Waals surface area (Å²) in [6, 6.07) is 11.8. The molecule has 1 aromatic carbocycles. The van der Waals surface area contributed by atoms with Crippen molar-refractivity contribution in [2.75, 3.05) is 36.4 Å². The van der Waals surface area contributed by atoms with Gasteiger partial charge in [-0.15, -0.1) is 15.3 Å². The van der Waals surface area contributed by atoms with Gasteiger partial charge in [0.2, 0.25) is 0 Å². The molecule has 1 saturated heterocycles. The maximum absolute atomic E-state index is 12.5. The van der Waals surface area contributed by atoms with Crippen molar-refractivity contribution in [1.29, 1.82) is 0 Å². The average molecular weight is 365 g/mol. The van der Waals surface area contributed by atoms with Gasteiger partial charge in [-0.25, -0.2) is 4.79 Å². The Morgan fingerprint density at radius 2 is 1.78 bits per heavy atom. The topological polar surface area (TPSA) is 78.7 Å². The summed E-state index contributed by atoms with van der Waals surface area (Å²) in [5.41, 5.74) is 2.81. The number of aromatic nitrogens is 4. The number of amides is 2. The summed E-state index contributed by atoms with van der Waals surface area (Å²) >= 11 is 0. The molecule has 0 radical (unpaired) electrons. The second kappa shape index (κ2) is 7.22. The SMILES string of the molecule is CC(C)c1ccc(NC(=O)N2CCN(c3ccc4nncn4n3)CC2)cc1. The number of hydrogen-bond donors (Lipinski definition) is 1. The van der Waals surface area contributed by atoms with Gasteiger partial charge in [0.05, 0.1) is 0 Å². The van der Waals surface area contributed by atoms with Gasteiger partial charge in [0.15, 0.2) is 5.65 Å². The van der Waals surface area contributed by atoms with Crippen LogP contribution in [0.15, 0.2) is 42.7 Å². The number of rotatable bonds is 3. The molecule has 2 amide bonds. The van der Waals surface area contributed by atoms with Crippen LogP contribution < -0.4 is 10.2 Å². The molecule has 3 heterocycles. The van der Waals surface area contributed by atoms with Crippen LogP contribution in [0.3, 0.4) is 0 Å². The number of carbonyl (C=O) groups excluding carboxylic acids is 1. The Morgan fingerprint density at radius 1 is 1.04 bits per heavy atom. The van der Waals surface area contributed by atoms with Crippen molar-refractivity contribution in [3.8, 4) is 0 Å². The van der Waals surface area contributed by atoms with E-state index in [0.29, 0.717) is 19.0 Å². The molecule has 1 N–H and O–H groups in total. The fraction of sp³-hybridized carbons (Fsp3) is 0.368. The lowest BCUT2D eigenvalue weighted by Gasteiger charge is -2.35. The molecule has 3 aromatic rings. The molecular formula is C19H23N7O. The number of fused-ring (bicyclic) bond motifs is 1. The highest BCUT2D eigenvalue weighted by molar-refractivity contribution is 5.89. The summed E-state index contributed by atoms with van der Waals surface area (Å²) in [4.78, 5) is 16.5. The lowest BCUT2D eigenvalue weighted by molar-refractivity contribution is 0.208. The molecule has 140 valence electrons. The van der Waals surface area contributed by atoms with Gasteiger partial charge in [0, 0.05) is 31.9 Å². The van der Waals surface area contributed by atoms with E-state index in [-0.39, 0.29) is 6.03 Å². The first-order chi connectivity index (χ1) is 13.1. The normalized spacial score (nSPS) is 14.8. The Hall–Kier alpha value is -3.16. The zero-order valence-electron chi connectivity index (χ0n) is 15.5. The van der Waals surface area contributed by atoms with Crippen LogP contribution >= 0.6 is 0 Å². The zero-order chi connectivity index (χ0) is 18.8. The molecular weight excluding hydrogens is 342 g/mol. The summed E-state index contributed by atoms with van der Waals surface area (Å²) in [6.07, 6.45) is 1.59. The highest BCUT2D eigenvalue weighted by Gasteiger charge is 2.22. The third-order valence-electron chi connectivity index (χ3n) is 4.87. The highest BCUT2D eigenvalue weighted by Crippen LogP contribution is 2.18. The number of nitrogens with zero attached hydrogens (tertiary/aromatic N) is 6. The Balaban J connectivity index is 1.34. The van der Waals surface area contributed by atoms with E-state index in [2.05, 4.69) is 51.5 Å². The Morgan fingerprint density at radius 3 is 2.48 bits per heavy atom. The van der Waals surface area contributed by atoms with Gasteiger partial charge in [0.25, 0.3) is 0 Å². The molecule has 1 aliphatic heterocycles. The van der Waals surface area contributed by atoms with Gasteiger partial charge >= 0.3 is 6.03 Å². The van der Waals surface area contributed by atoms with Gasteiger partial charge in [-0.2, -0.15) is 4.52 Å². The maximum atomic E-state index is 12.5. The molecule has 2 aromatic heterocycles. The largest absolute Gasteiger partial charge is 0.352 e. The quantitative estimate of drug-likeness (QED) is 0.772. The number of nitrogens with one attached hydrogen (secondary N) is 1. The standard InChI is InChI=1S/C19H23N7O/c1-14(2)15-3-5-16(6-4-15)21-19(27)25-11-9-24(10-12-25)18-8-7-17-22-20-13-26(17)23-18/h3-8,13-14H,9-12H2,1-2H3,(H,21,27). The van der Waals surface area contributed by atoms with Gasteiger partial charge in [-0.3, -0.25) is 0 Å². The van der Waals surface area contributed by atoms with Crippen LogP contribution in [0, 0.1) is 0 Å². The highest BCUT2D eigenvalue weighted by atomic mass is 16.2. The van der Waals surface area contributed by atoms with Crippen molar-refractivity contribution >= 4 is 23.2 Å². The second-order valence-electron chi connectivity index (χ2n) is 7.01. The summed E-state index contributed by atoms with van der Waals surface area (Å²) < 4.78 is 1.66. The number of hydrogen-bond acceptors (Lipinski definition) is 5. The predicted octanol–water partition coefficient (Wildman–Crippen LogP) is 2.60. The second-order valence-corrected chi connectivity index (χ2v) is 7.01. The first kappa shape index (κ1) is 17.3. The third kappa shape index (κ3) is 3.69. The summed E-state index contributed by atoms with van der Waals surface area (Å²) in [6.45, 7) is 7.09. The van der Waals surface area contributed by atoms with Gasteiger partial charge < -0.3 is 15.1 Å². The van der Waals surface area contributed by atoms with Crippen molar-refractivity contribution in [3.05, 3.63) is 48.3 Å². The minimum Gasteiger partial charge on any atom is -0.352 e. The lowest BCUT2D eigenvalue weighted by atomic mass is 10.0. The molecule has 27 heavy (non-hydrogen) atoms. The van der Waals surface area contributed by atoms with Gasteiger partial charge in [-0.1, -0.05) is 26.0 Å². The van der Waals surface area contributed by atoms with E-state index in [1.807, 2.05) is 29.2 Å². The number of urea groups is 1. The number of anilines is 2. The Bertz CT molecular complexity index is 927. The summed E-state index contributed by atoms with van der Waals surface area (Å²) in [5, 5.41) is 15.3. The van der Waals surface area contributed by atoms with Crippen LogP contribution in [0.5, 0.6) is 0 Å². The van der Waals surface area contributed by atoms with Crippen LogP contribution in [0.1, 0.15) is 25.3 Å². The van der Waals surface area contributed by atoms with Crippen LogP contribution in [0.2, 0.25) is 0 Å². The van der Waals surface area contributed by atoms with E-state index in [0.717, 1.165) is 30.2 Å². The molecule has 0 unspecified atom stereocenters. The molecule has 8 heteroatoms. The minimum absolute atomic E-state index is 0.0610. The van der Waals surface area contributed by atoms with E-state index < -0.39 is 0 Å². The van der Waals surface area contributed by atoms with Crippen molar-refractivity contribution in [2.24, 2.45) is 0 Å². The van der Waals surface area contributed by atoms with Crippen LogP contribution in [-0.4, -0.2) is 56.9 Å². The van der Waals surface area contributed by atoms with Crippen LogP contribution in [0.4, 0.5) is 16.3 Å². The van der Waals surface area contributed by atoms with Crippen LogP contribution in [0.25, 0.3) is 5.65 Å². The monoisotopic (exact) mass is 365 g/mol. The molecule has 0 saturated carbocycles. The predicted molar refractivity (Wildman–Crippen MR) is 104 cm³/mol. The van der Waals surface area contributed by atoms with E-state index in [1.54, 1.807) is 10.8 Å². The molecule has 0 aliphatic carbocycles. The van der Waals surface area contributed by atoms with Crippen molar-refractivity contribution in [1.82, 2.24) is 24.7 Å². The molecule has 4 rings (SSSR count). The first-order valence-corrected chi connectivity index (χ1v) is 9.18. The average Bonchev–Trinajstić information content (AvgIpc) is 3.16. The van der Waals surface area contributed by atoms with Crippen molar-refractivity contribution in [3.63, 3.8) is 0 Å². The smallest absolute Gasteiger partial charge is 0.321 e. The molecule has 0 bridgehead atoms. The zero-order valence-corrected chi connectivity index (χ0v) is 15.5. The van der Waals surface area contributed by atoms with Gasteiger partial charge in [-0.05, 0) is 35.7 Å². The Kier molecular flexibility index (Phi) is 4.62. The minimum atomic E-state index is -0.0610. The van der Waals surface area contributed by atoms with Crippen molar-refractivity contribution < 1.29 is 4.79 Å². The van der Waals surface area contributed by atoms with Gasteiger partial charge in [0.1, 0.15) is 12.1 Å². The molecule has 0 spiro atoms. The maximum Gasteiger partial charge on any atom is 0.321 e. The van der Waals surface area contributed by atoms with E-state index >= 15 is 0 Å². The molecule has 1 fully saturated rings.